The van der Waals surface area contributed by atoms with Crippen LogP contribution in [0.15, 0.2) is 0 Å². The van der Waals surface area contributed by atoms with Gasteiger partial charge in [0.1, 0.15) is 0 Å². The number of rotatable bonds is 2. The van der Waals surface area contributed by atoms with E-state index in [0.29, 0.717) is 0 Å². The van der Waals surface area contributed by atoms with Gasteiger partial charge in [-0.15, -0.1) is 17.5 Å². The third-order valence-electron chi connectivity index (χ3n) is 3.77. The van der Waals surface area contributed by atoms with Gasteiger partial charge in [-0.2, -0.15) is 0 Å². The summed E-state index contributed by atoms with van der Waals surface area (Å²) in [7, 11) is 0. The van der Waals surface area contributed by atoms with E-state index >= 15 is 0 Å². The normalized spacial score (nSPS) is 27.1. The molecule has 2 fully saturated rings. The van der Waals surface area contributed by atoms with E-state index in [1.165, 1.54) is 6.42 Å². The van der Waals surface area contributed by atoms with Crippen LogP contribution in [0.4, 0.5) is 0 Å². The minimum Gasteiger partial charge on any atom is -0.367 e. The van der Waals surface area contributed by atoms with Gasteiger partial charge in [-0.3, -0.25) is 4.79 Å². The zero-order chi connectivity index (χ0) is 12.0. The molecule has 0 radical (unpaired) electrons. The zero-order valence-electron chi connectivity index (χ0n) is 11.3. The molecule has 1 saturated carbocycles. The molecular weight excluding hydrogens is 238 g/mol. The Morgan fingerprint density at radius 3 is 2.00 bits per heavy atom. The molecule has 1 aliphatic heterocycles. The minimum absolute atomic E-state index is 0. The van der Waals surface area contributed by atoms with Crippen LogP contribution in [-0.2, 0) is 9.63 Å². The lowest BCUT2D eigenvalue weighted by molar-refractivity contribution is -0.266. The first kappa shape index (κ1) is 14.8. The summed E-state index contributed by atoms with van der Waals surface area (Å²) >= 11 is 0. The fourth-order valence-electron chi connectivity index (χ4n) is 2.71. The first-order valence-electron chi connectivity index (χ1n) is 6.35. The quantitative estimate of drug-likeness (QED) is 0.764. The van der Waals surface area contributed by atoms with Crippen molar-refractivity contribution in [1.82, 2.24) is 5.06 Å². The Morgan fingerprint density at radius 1 is 1.12 bits per heavy atom. The van der Waals surface area contributed by atoms with E-state index in [-0.39, 0.29) is 35.4 Å². The summed E-state index contributed by atoms with van der Waals surface area (Å²) in [5.41, 5.74) is -0.0708. The van der Waals surface area contributed by atoms with E-state index < -0.39 is 0 Å². The number of hydrogen-bond acceptors (Lipinski definition) is 3. The molecule has 0 aromatic rings. The van der Waals surface area contributed by atoms with Crippen LogP contribution in [-0.4, -0.2) is 22.1 Å². The molecule has 0 bridgehead atoms. The summed E-state index contributed by atoms with van der Waals surface area (Å²) in [5.74, 6) is 0.150. The van der Waals surface area contributed by atoms with Crippen molar-refractivity contribution >= 4 is 18.4 Å². The van der Waals surface area contributed by atoms with Crippen LogP contribution in [0.3, 0.4) is 0 Å². The topological polar surface area (TPSA) is 29.5 Å². The van der Waals surface area contributed by atoms with Crippen molar-refractivity contribution < 1.29 is 9.63 Å². The number of hydroxylamine groups is 2. The number of hydrogen-bond donors (Lipinski definition) is 0. The van der Waals surface area contributed by atoms with Gasteiger partial charge in [-0.05, 0) is 59.8 Å². The number of carbonyl (C=O) groups excluding carboxylic acids is 1. The van der Waals surface area contributed by atoms with E-state index in [1.807, 2.05) is 5.06 Å². The largest absolute Gasteiger partial charge is 0.367 e. The number of nitrogens with zero attached hydrogens (tertiary/aromatic N) is 1. The Kier molecular flexibility index (Phi) is 4.15. The Labute approximate surface area is 110 Å². The van der Waals surface area contributed by atoms with Gasteiger partial charge in [-0.1, -0.05) is 0 Å². The first-order chi connectivity index (χ1) is 7.33. The second-order valence-corrected chi connectivity index (χ2v) is 6.46. The average Bonchev–Trinajstić information content (AvgIpc) is 2.93. The second kappa shape index (κ2) is 4.77. The van der Waals surface area contributed by atoms with Crippen molar-refractivity contribution in [3.63, 3.8) is 0 Å². The Bertz CT molecular complexity index is 282. The maximum absolute atomic E-state index is 11.8. The number of carbonyl (C=O) groups is 1. The molecule has 0 N–H and O–H groups in total. The van der Waals surface area contributed by atoms with Gasteiger partial charge in [0.25, 0.3) is 0 Å². The highest BCUT2D eigenvalue weighted by molar-refractivity contribution is 5.85. The standard InChI is InChI=1S/C13H23NO2.ClH/c1-12(2)8-5-9-13(3,4)14(12)16-11(15)10-6-7-10;/h10H,5-9H2,1-4H3;1H. The molecule has 17 heavy (non-hydrogen) atoms. The van der Waals surface area contributed by atoms with Gasteiger partial charge in [0.15, 0.2) is 0 Å². The monoisotopic (exact) mass is 261 g/mol. The highest BCUT2D eigenvalue weighted by Gasteiger charge is 2.46. The summed E-state index contributed by atoms with van der Waals surface area (Å²) in [6.07, 6.45) is 5.40. The summed E-state index contributed by atoms with van der Waals surface area (Å²) < 4.78 is 0. The molecule has 4 heteroatoms. The molecule has 1 saturated heterocycles. The van der Waals surface area contributed by atoms with E-state index in [9.17, 15) is 4.79 Å². The summed E-state index contributed by atoms with van der Waals surface area (Å²) in [4.78, 5) is 17.4. The third-order valence-corrected chi connectivity index (χ3v) is 3.77. The van der Waals surface area contributed by atoms with Gasteiger partial charge in [-0.25, -0.2) is 0 Å². The molecular formula is C13H24ClNO2. The molecule has 2 aliphatic rings. The van der Waals surface area contributed by atoms with Crippen LogP contribution in [0.2, 0.25) is 0 Å². The van der Waals surface area contributed by atoms with Gasteiger partial charge in [0, 0.05) is 0 Å². The Hall–Kier alpha value is -0.280. The molecule has 0 aromatic heterocycles. The van der Waals surface area contributed by atoms with Crippen molar-refractivity contribution in [2.24, 2.45) is 5.92 Å². The lowest BCUT2D eigenvalue weighted by Crippen LogP contribution is -2.58. The van der Waals surface area contributed by atoms with Crippen LogP contribution in [0, 0.1) is 5.92 Å². The minimum atomic E-state index is -0.0354. The zero-order valence-corrected chi connectivity index (χ0v) is 12.1. The van der Waals surface area contributed by atoms with Gasteiger partial charge in [0.05, 0.1) is 17.0 Å². The molecule has 0 amide bonds. The van der Waals surface area contributed by atoms with Crippen LogP contribution >= 0.6 is 12.4 Å². The van der Waals surface area contributed by atoms with E-state index in [2.05, 4.69) is 27.7 Å². The van der Waals surface area contributed by atoms with Crippen LogP contribution in [0.1, 0.15) is 59.8 Å². The van der Waals surface area contributed by atoms with Crippen LogP contribution < -0.4 is 0 Å². The Morgan fingerprint density at radius 2 is 1.59 bits per heavy atom. The Balaban J connectivity index is 0.00000144. The lowest BCUT2D eigenvalue weighted by Gasteiger charge is -2.50. The molecule has 1 aliphatic carbocycles. The van der Waals surface area contributed by atoms with Crippen molar-refractivity contribution in [3.8, 4) is 0 Å². The van der Waals surface area contributed by atoms with Gasteiger partial charge >= 0.3 is 5.97 Å². The first-order valence-corrected chi connectivity index (χ1v) is 6.35. The number of halogens is 1. The number of piperidine rings is 1. The molecule has 0 atom stereocenters. The molecule has 3 nitrogen and oxygen atoms in total. The molecule has 100 valence electrons. The fraction of sp³-hybridized carbons (Fsp3) is 0.923. The lowest BCUT2D eigenvalue weighted by atomic mass is 9.82. The SMILES string of the molecule is CC1(C)CCCC(C)(C)N1OC(=O)C1CC1.Cl. The van der Waals surface area contributed by atoms with Gasteiger partial charge < -0.3 is 4.84 Å². The van der Waals surface area contributed by atoms with Crippen molar-refractivity contribution in [2.75, 3.05) is 0 Å². The maximum Gasteiger partial charge on any atom is 0.328 e. The molecule has 2 rings (SSSR count). The van der Waals surface area contributed by atoms with E-state index in [1.54, 1.807) is 0 Å². The molecule has 0 aromatic carbocycles. The molecule has 0 spiro atoms. The van der Waals surface area contributed by atoms with Crippen molar-refractivity contribution in [3.05, 3.63) is 0 Å². The van der Waals surface area contributed by atoms with Gasteiger partial charge in [0.2, 0.25) is 0 Å². The van der Waals surface area contributed by atoms with E-state index in [4.69, 9.17) is 4.84 Å². The van der Waals surface area contributed by atoms with E-state index in [0.717, 1.165) is 25.7 Å². The molecule has 0 unspecified atom stereocenters. The fourth-order valence-corrected chi connectivity index (χ4v) is 2.71. The summed E-state index contributed by atoms with van der Waals surface area (Å²) in [6, 6.07) is 0. The smallest absolute Gasteiger partial charge is 0.328 e. The predicted molar refractivity (Wildman–Crippen MR) is 69.9 cm³/mol. The second-order valence-electron chi connectivity index (χ2n) is 6.46. The highest BCUT2D eigenvalue weighted by Crippen LogP contribution is 2.40. The highest BCUT2D eigenvalue weighted by atomic mass is 35.5. The third kappa shape index (κ3) is 3.14. The van der Waals surface area contributed by atoms with Crippen LogP contribution in [0.25, 0.3) is 0 Å². The van der Waals surface area contributed by atoms with Crippen molar-refractivity contribution in [2.45, 2.75) is 70.9 Å². The maximum atomic E-state index is 11.8. The average molecular weight is 262 g/mol. The predicted octanol–water partition coefficient (Wildman–Crippen LogP) is 3.32. The van der Waals surface area contributed by atoms with Crippen molar-refractivity contribution in [1.29, 1.82) is 0 Å². The van der Waals surface area contributed by atoms with Crippen LogP contribution in [0.5, 0.6) is 0 Å². The summed E-state index contributed by atoms with van der Waals surface area (Å²) in [5, 5.41) is 1.95. The molecule has 1 heterocycles. The summed E-state index contributed by atoms with van der Waals surface area (Å²) in [6.45, 7) is 8.64.